The van der Waals surface area contributed by atoms with Gasteiger partial charge in [0.15, 0.2) is 0 Å². The summed E-state index contributed by atoms with van der Waals surface area (Å²) < 4.78 is 1.57. The zero-order valence-electron chi connectivity index (χ0n) is 14.4. The number of carbonyl (C=O) groups excluding carboxylic acids is 2. The van der Waals surface area contributed by atoms with E-state index in [2.05, 4.69) is 15.5 Å². The lowest BCUT2D eigenvalue weighted by molar-refractivity contribution is -0.132. The van der Waals surface area contributed by atoms with Crippen LogP contribution in [0.3, 0.4) is 0 Å². The predicted molar refractivity (Wildman–Crippen MR) is 94.7 cm³/mol. The molecule has 26 heavy (non-hydrogen) atoms. The summed E-state index contributed by atoms with van der Waals surface area (Å²) in [4.78, 5) is 28.3. The van der Waals surface area contributed by atoms with Gasteiger partial charge in [-0.25, -0.2) is 4.68 Å². The van der Waals surface area contributed by atoms with Gasteiger partial charge in [-0.1, -0.05) is 11.8 Å². The van der Waals surface area contributed by atoms with E-state index in [1.807, 2.05) is 0 Å². The van der Waals surface area contributed by atoms with Gasteiger partial charge in [-0.15, -0.1) is 5.10 Å². The lowest BCUT2D eigenvalue weighted by Gasteiger charge is -2.34. The van der Waals surface area contributed by atoms with E-state index in [1.54, 1.807) is 33.7 Å². The van der Waals surface area contributed by atoms with Crippen molar-refractivity contribution < 1.29 is 14.7 Å². The molecule has 3 rings (SSSR count). The Morgan fingerprint density at radius 2 is 1.77 bits per heavy atom. The number of tetrazole rings is 1. The second-order valence-corrected chi connectivity index (χ2v) is 6.97. The monoisotopic (exact) mass is 376 g/mol. The van der Waals surface area contributed by atoms with Crippen molar-refractivity contribution in [2.45, 2.75) is 11.6 Å². The molecule has 1 N–H and O–H groups in total. The van der Waals surface area contributed by atoms with Gasteiger partial charge in [0.25, 0.3) is 5.91 Å². The van der Waals surface area contributed by atoms with Crippen molar-refractivity contribution in [2.24, 2.45) is 7.05 Å². The number of amides is 2. The van der Waals surface area contributed by atoms with Crippen LogP contribution in [0.25, 0.3) is 0 Å². The molecule has 1 saturated heterocycles. The maximum Gasteiger partial charge on any atom is 0.253 e. The molecule has 0 aliphatic carbocycles. The zero-order valence-corrected chi connectivity index (χ0v) is 15.2. The maximum atomic E-state index is 12.4. The van der Waals surface area contributed by atoms with Crippen molar-refractivity contribution in [3.8, 4) is 5.75 Å². The number of carbonyl (C=O) groups is 2. The van der Waals surface area contributed by atoms with Crippen LogP contribution in [0, 0.1) is 0 Å². The van der Waals surface area contributed by atoms with Gasteiger partial charge in [0.1, 0.15) is 5.75 Å². The van der Waals surface area contributed by atoms with E-state index in [4.69, 9.17) is 0 Å². The first-order valence-electron chi connectivity index (χ1n) is 8.26. The third-order valence-corrected chi connectivity index (χ3v) is 5.17. The second kappa shape index (κ2) is 8.17. The summed E-state index contributed by atoms with van der Waals surface area (Å²) in [5.41, 5.74) is 0.538. The number of phenols is 1. The van der Waals surface area contributed by atoms with Gasteiger partial charge in [0.2, 0.25) is 11.1 Å². The first-order valence-corrected chi connectivity index (χ1v) is 9.24. The summed E-state index contributed by atoms with van der Waals surface area (Å²) in [5, 5.41) is 21.2. The number of piperazine rings is 1. The van der Waals surface area contributed by atoms with Crippen molar-refractivity contribution in [3.63, 3.8) is 0 Å². The Morgan fingerprint density at radius 3 is 2.38 bits per heavy atom. The van der Waals surface area contributed by atoms with E-state index >= 15 is 0 Å². The number of aromatic hydroxyl groups is 1. The topological polar surface area (TPSA) is 104 Å². The summed E-state index contributed by atoms with van der Waals surface area (Å²) >= 11 is 1.44. The van der Waals surface area contributed by atoms with E-state index in [0.29, 0.717) is 49.1 Å². The number of phenolic OH excluding ortho intramolecular Hbond substituents is 1. The van der Waals surface area contributed by atoms with Crippen LogP contribution in [0.4, 0.5) is 0 Å². The van der Waals surface area contributed by atoms with Gasteiger partial charge < -0.3 is 14.9 Å². The molecule has 9 nitrogen and oxygen atoms in total. The predicted octanol–water partition coefficient (Wildman–Crippen LogP) is 0.383. The molecule has 0 radical (unpaired) electrons. The number of hydrogen-bond donors (Lipinski definition) is 1. The minimum atomic E-state index is -0.0811. The fourth-order valence-electron chi connectivity index (χ4n) is 2.68. The van der Waals surface area contributed by atoms with Crippen LogP contribution in [-0.4, -0.2) is 78.9 Å². The van der Waals surface area contributed by atoms with Gasteiger partial charge in [-0.05, 0) is 34.7 Å². The Balaban J connectivity index is 1.44. The van der Waals surface area contributed by atoms with E-state index in [9.17, 15) is 14.7 Å². The molecule has 0 bridgehead atoms. The standard InChI is InChI=1S/C16H20N6O3S/c1-20-16(17-18-19-20)26-11-6-14(24)21-7-9-22(10-8-21)15(25)12-2-4-13(23)5-3-12/h2-5,23H,6-11H2,1H3. The fourth-order valence-corrected chi connectivity index (χ4v) is 3.45. The summed E-state index contributed by atoms with van der Waals surface area (Å²) in [6, 6.07) is 6.20. The molecule has 1 fully saturated rings. The van der Waals surface area contributed by atoms with Crippen molar-refractivity contribution in [1.29, 1.82) is 0 Å². The van der Waals surface area contributed by atoms with Crippen LogP contribution in [0.15, 0.2) is 29.4 Å². The molecule has 1 aromatic carbocycles. The second-order valence-electron chi connectivity index (χ2n) is 5.90. The molecule has 2 aromatic rings. The molecular formula is C16H20N6O3S. The summed E-state index contributed by atoms with van der Waals surface area (Å²) in [6.07, 6.45) is 0.406. The summed E-state index contributed by atoms with van der Waals surface area (Å²) in [7, 11) is 1.76. The van der Waals surface area contributed by atoms with Gasteiger partial charge in [-0.3, -0.25) is 9.59 Å². The number of rotatable bonds is 5. The number of hydrogen-bond acceptors (Lipinski definition) is 7. The smallest absolute Gasteiger partial charge is 0.253 e. The summed E-state index contributed by atoms with van der Waals surface area (Å²) in [6.45, 7) is 2.06. The minimum absolute atomic E-state index is 0.0735. The fraction of sp³-hybridized carbons (Fsp3) is 0.438. The highest BCUT2D eigenvalue weighted by molar-refractivity contribution is 7.99. The molecule has 138 valence electrons. The first-order chi connectivity index (χ1) is 12.5. The third-order valence-electron chi connectivity index (χ3n) is 4.16. The van der Waals surface area contributed by atoms with E-state index in [-0.39, 0.29) is 17.6 Å². The molecular weight excluding hydrogens is 356 g/mol. The van der Waals surface area contributed by atoms with E-state index < -0.39 is 0 Å². The van der Waals surface area contributed by atoms with E-state index in [1.165, 1.54) is 23.9 Å². The molecule has 1 aliphatic rings. The Morgan fingerprint density at radius 1 is 1.12 bits per heavy atom. The highest BCUT2D eigenvalue weighted by atomic mass is 32.2. The normalized spacial score (nSPS) is 14.5. The molecule has 1 aromatic heterocycles. The van der Waals surface area contributed by atoms with Gasteiger partial charge in [0.05, 0.1) is 0 Å². The van der Waals surface area contributed by atoms with Crippen LogP contribution in [-0.2, 0) is 11.8 Å². The number of aryl methyl sites for hydroxylation is 1. The lowest BCUT2D eigenvalue weighted by Crippen LogP contribution is -2.50. The number of aromatic nitrogens is 4. The Bertz CT molecular complexity index is 771. The van der Waals surface area contributed by atoms with Gasteiger partial charge in [0, 0.05) is 51.0 Å². The van der Waals surface area contributed by atoms with Crippen molar-refractivity contribution in [3.05, 3.63) is 29.8 Å². The van der Waals surface area contributed by atoms with Crippen molar-refractivity contribution in [2.75, 3.05) is 31.9 Å². The van der Waals surface area contributed by atoms with Crippen LogP contribution < -0.4 is 0 Å². The van der Waals surface area contributed by atoms with Crippen molar-refractivity contribution >= 4 is 23.6 Å². The molecule has 0 spiro atoms. The maximum absolute atomic E-state index is 12.4. The van der Waals surface area contributed by atoms with Crippen LogP contribution >= 0.6 is 11.8 Å². The minimum Gasteiger partial charge on any atom is -0.508 e. The molecule has 0 unspecified atom stereocenters. The number of benzene rings is 1. The molecule has 2 heterocycles. The van der Waals surface area contributed by atoms with Crippen molar-refractivity contribution in [1.82, 2.24) is 30.0 Å². The average Bonchev–Trinajstić information content (AvgIpc) is 3.07. The number of nitrogens with zero attached hydrogens (tertiary/aromatic N) is 6. The average molecular weight is 376 g/mol. The quantitative estimate of drug-likeness (QED) is 0.752. The first kappa shape index (κ1) is 18.2. The number of thioether (sulfide) groups is 1. The molecule has 2 amide bonds. The lowest BCUT2D eigenvalue weighted by atomic mass is 10.1. The van der Waals surface area contributed by atoms with Gasteiger partial charge >= 0.3 is 0 Å². The summed E-state index contributed by atoms with van der Waals surface area (Å²) in [5.74, 6) is 0.735. The zero-order chi connectivity index (χ0) is 18.5. The molecule has 0 atom stereocenters. The Kier molecular flexibility index (Phi) is 5.71. The highest BCUT2D eigenvalue weighted by Crippen LogP contribution is 2.16. The molecule has 0 saturated carbocycles. The van der Waals surface area contributed by atoms with Crippen LogP contribution in [0.5, 0.6) is 5.75 Å². The SMILES string of the molecule is Cn1nnnc1SCCC(=O)N1CCN(C(=O)c2ccc(O)cc2)CC1. The Hall–Kier alpha value is -2.62. The van der Waals surface area contributed by atoms with Gasteiger partial charge in [-0.2, -0.15) is 0 Å². The van der Waals surface area contributed by atoms with Crippen LogP contribution in [0.1, 0.15) is 16.8 Å². The van der Waals surface area contributed by atoms with Crippen LogP contribution in [0.2, 0.25) is 0 Å². The highest BCUT2D eigenvalue weighted by Gasteiger charge is 2.24. The largest absolute Gasteiger partial charge is 0.508 e. The van der Waals surface area contributed by atoms with E-state index in [0.717, 1.165) is 0 Å². The molecule has 1 aliphatic heterocycles. The molecule has 10 heteroatoms. The Labute approximate surface area is 155 Å². The third kappa shape index (κ3) is 4.31.